The van der Waals surface area contributed by atoms with E-state index in [1.54, 1.807) is 6.92 Å². The summed E-state index contributed by atoms with van der Waals surface area (Å²) in [6, 6.07) is 2.92. The summed E-state index contributed by atoms with van der Waals surface area (Å²) in [7, 11) is -3.77. The highest BCUT2D eigenvalue weighted by Crippen LogP contribution is 2.11. The topological polar surface area (TPSA) is 72.2 Å². The quantitative estimate of drug-likeness (QED) is 0.780. The fourth-order valence-electron chi connectivity index (χ4n) is 1.52. The Morgan fingerprint density at radius 1 is 1.47 bits per heavy atom. The van der Waals surface area contributed by atoms with E-state index in [1.807, 2.05) is 0 Å². The normalized spacial score (nSPS) is 13.2. The third-order valence-corrected chi connectivity index (χ3v) is 4.86. The maximum absolute atomic E-state index is 13.3. The Labute approximate surface area is 116 Å². The van der Waals surface area contributed by atoms with Crippen LogP contribution in [0.3, 0.4) is 0 Å². The second-order valence-corrected chi connectivity index (χ2v) is 6.32. The molecule has 4 nitrogen and oxygen atoms in total. The summed E-state index contributed by atoms with van der Waals surface area (Å²) in [5, 5.41) is -1.01. The molecule has 1 aromatic rings. The largest absolute Gasteiger partial charge is 0.392 e. The molecular formula is C11H14F2N2O2S2. The van der Waals surface area contributed by atoms with E-state index in [0.717, 1.165) is 6.07 Å². The molecule has 0 spiro atoms. The molecule has 8 heteroatoms. The van der Waals surface area contributed by atoms with Crippen molar-refractivity contribution in [1.29, 1.82) is 0 Å². The Bertz CT molecular complexity index is 576. The molecule has 1 rings (SSSR count). The summed E-state index contributed by atoms with van der Waals surface area (Å²) in [5.74, 6) is -1.54. The lowest BCUT2D eigenvalue weighted by Gasteiger charge is -2.15. The first-order valence-electron chi connectivity index (χ1n) is 5.49. The maximum Gasteiger partial charge on any atom is 0.221 e. The molecule has 1 unspecified atom stereocenters. The molecular weight excluding hydrogens is 294 g/mol. The number of nitrogens with two attached hydrogens (primary N) is 1. The minimum absolute atomic E-state index is 0.0442. The fraction of sp³-hybridized carbons (Fsp3) is 0.364. The van der Waals surface area contributed by atoms with Gasteiger partial charge in [-0.3, -0.25) is 0 Å². The van der Waals surface area contributed by atoms with Gasteiger partial charge in [-0.2, -0.15) is 0 Å². The number of thiocarbonyl (C=S) groups is 1. The van der Waals surface area contributed by atoms with Crippen molar-refractivity contribution in [3.63, 3.8) is 0 Å². The van der Waals surface area contributed by atoms with Crippen molar-refractivity contribution in [2.24, 2.45) is 5.73 Å². The van der Waals surface area contributed by atoms with Gasteiger partial charge < -0.3 is 5.73 Å². The fourth-order valence-corrected chi connectivity index (χ4v) is 3.37. The number of rotatable bonds is 6. The standard InChI is InChI=1S/C11H14F2N2O2S2/c1-2-10(11(14)18)19(16,17)15-6-7-3-4-8(12)5-9(7)13/h3-5,10,15H,2,6H2,1H3,(H2,14,18). The molecule has 1 atom stereocenters. The summed E-state index contributed by atoms with van der Waals surface area (Å²) in [5.41, 5.74) is 5.38. The lowest BCUT2D eigenvalue weighted by molar-refractivity contribution is 0.559. The molecule has 0 amide bonds. The van der Waals surface area contributed by atoms with Crippen LogP contribution in [0.4, 0.5) is 8.78 Å². The van der Waals surface area contributed by atoms with Crippen LogP contribution in [0.2, 0.25) is 0 Å². The third-order valence-electron chi connectivity index (χ3n) is 2.54. The number of hydrogen-bond acceptors (Lipinski definition) is 3. The van der Waals surface area contributed by atoms with Gasteiger partial charge in [-0.25, -0.2) is 21.9 Å². The van der Waals surface area contributed by atoms with Crippen LogP contribution in [0.15, 0.2) is 18.2 Å². The van der Waals surface area contributed by atoms with Gasteiger partial charge >= 0.3 is 0 Å². The molecule has 3 N–H and O–H groups in total. The minimum Gasteiger partial charge on any atom is -0.392 e. The van der Waals surface area contributed by atoms with Crippen molar-refractivity contribution < 1.29 is 17.2 Å². The number of nitrogens with one attached hydrogen (secondary N) is 1. The van der Waals surface area contributed by atoms with Gasteiger partial charge in [0.25, 0.3) is 0 Å². The molecule has 0 saturated carbocycles. The number of benzene rings is 1. The number of sulfonamides is 1. The lowest BCUT2D eigenvalue weighted by Crippen LogP contribution is -2.41. The van der Waals surface area contributed by atoms with E-state index in [0.29, 0.717) is 6.07 Å². The van der Waals surface area contributed by atoms with E-state index in [4.69, 9.17) is 5.73 Å². The van der Waals surface area contributed by atoms with Crippen LogP contribution < -0.4 is 10.5 Å². The summed E-state index contributed by atoms with van der Waals surface area (Å²) in [4.78, 5) is -0.144. The van der Waals surface area contributed by atoms with Crippen molar-refractivity contribution in [3.05, 3.63) is 35.4 Å². The molecule has 0 radical (unpaired) electrons. The van der Waals surface area contributed by atoms with Crippen molar-refractivity contribution in [1.82, 2.24) is 4.72 Å². The predicted molar refractivity (Wildman–Crippen MR) is 73.0 cm³/mol. The molecule has 0 aliphatic rings. The van der Waals surface area contributed by atoms with Gasteiger partial charge in [-0.05, 0) is 12.5 Å². The van der Waals surface area contributed by atoms with E-state index >= 15 is 0 Å². The molecule has 106 valence electrons. The average Bonchev–Trinajstić information content (AvgIpc) is 2.27. The van der Waals surface area contributed by atoms with Crippen LogP contribution in [0.25, 0.3) is 0 Å². The van der Waals surface area contributed by atoms with Crippen LogP contribution in [0, 0.1) is 11.6 Å². The van der Waals surface area contributed by atoms with Gasteiger partial charge in [-0.1, -0.05) is 25.2 Å². The lowest BCUT2D eigenvalue weighted by atomic mass is 10.2. The first kappa shape index (κ1) is 15.9. The minimum atomic E-state index is -3.77. The second-order valence-electron chi connectivity index (χ2n) is 3.90. The first-order valence-corrected chi connectivity index (χ1v) is 7.45. The highest BCUT2D eigenvalue weighted by molar-refractivity contribution is 7.93. The summed E-state index contributed by atoms with van der Waals surface area (Å²) in [6.45, 7) is 1.34. The highest BCUT2D eigenvalue weighted by atomic mass is 32.2. The third kappa shape index (κ3) is 4.19. The SMILES string of the molecule is CCC(C(N)=S)S(=O)(=O)NCc1ccc(F)cc1F. The van der Waals surface area contributed by atoms with Gasteiger partial charge in [0.2, 0.25) is 10.0 Å². The zero-order chi connectivity index (χ0) is 14.6. The van der Waals surface area contributed by atoms with Crippen LogP contribution in [0.5, 0.6) is 0 Å². The molecule has 0 saturated heterocycles. The number of halogens is 2. The summed E-state index contributed by atoms with van der Waals surface area (Å²) < 4.78 is 52.0. The van der Waals surface area contributed by atoms with Crippen molar-refractivity contribution >= 4 is 27.2 Å². The van der Waals surface area contributed by atoms with Gasteiger partial charge in [0, 0.05) is 18.2 Å². The molecule has 0 aliphatic heterocycles. The zero-order valence-electron chi connectivity index (χ0n) is 10.2. The van der Waals surface area contributed by atoms with E-state index in [9.17, 15) is 17.2 Å². The Balaban J connectivity index is 2.83. The summed E-state index contributed by atoms with van der Waals surface area (Å²) >= 11 is 4.67. The monoisotopic (exact) mass is 308 g/mol. The van der Waals surface area contributed by atoms with E-state index < -0.39 is 26.9 Å². The van der Waals surface area contributed by atoms with Gasteiger partial charge in [0.05, 0.1) is 4.99 Å². The molecule has 0 bridgehead atoms. The second kappa shape index (κ2) is 6.36. The first-order chi connectivity index (χ1) is 8.77. The van der Waals surface area contributed by atoms with Crippen LogP contribution in [0.1, 0.15) is 18.9 Å². The predicted octanol–water partition coefficient (Wildman–Crippen LogP) is 1.45. The molecule has 0 heterocycles. The van der Waals surface area contributed by atoms with Crippen molar-refractivity contribution in [3.8, 4) is 0 Å². The number of hydrogen-bond donors (Lipinski definition) is 2. The van der Waals surface area contributed by atoms with E-state index in [-0.39, 0.29) is 23.5 Å². The van der Waals surface area contributed by atoms with Crippen LogP contribution >= 0.6 is 12.2 Å². The van der Waals surface area contributed by atoms with Gasteiger partial charge in [0.1, 0.15) is 16.9 Å². The molecule has 0 aliphatic carbocycles. The molecule has 19 heavy (non-hydrogen) atoms. The molecule has 0 aromatic heterocycles. The van der Waals surface area contributed by atoms with Crippen LogP contribution in [-0.2, 0) is 16.6 Å². The van der Waals surface area contributed by atoms with Crippen LogP contribution in [-0.4, -0.2) is 18.7 Å². The highest BCUT2D eigenvalue weighted by Gasteiger charge is 2.26. The Morgan fingerprint density at radius 2 is 2.11 bits per heavy atom. The van der Waals surface area contributed by atoms with Crippen molar-refractivity contribution in [2.45, 2.75) is 25.1 Å². The smallest absolute Gasteiger partial charge is 0.221 e. The van der Waals surface area contributed by atoms with Gasteiger partial charge in [-0.15, -0.1) is 0 Å². The molecule has 1 aromatic carbocycles. The maximum atomic E-state index is 13.3. The van der Waals surface area contributed by atoms with E-state index in [2.05, 4.69) is 16.9 Å². The Morgan fingerprint density at radius 3 is 2.58 bits per heavy atom. The average molecular weight is 308 g/mol. The Kier molecular flexibility index (Phi) is 5.33. The van der Waals surface area contributed by atoms with Gasteiger partial charge in [0.15, 0.2) is 0 Å². The molecule has 0 fully saturated rings. The van der Waals surface area contributed by atoms with E-state index in [1.165, 1.54) is 6.07 Å². The Hall–Kier alpha value is -1.12. The van der Waals surface area contributed by atoms with Crippen molar-refractivity contribution in [2.75, 3.05) is 0 Å². The zero-order valence-corrected chi connectivity index (χ0v) is 11.8. The summed E-state index contributed by atoms with van der Waals surface area (Å²) in [6.07, 6.45) is 0.219.